The summed E-state index contributed by atoms with van der Waals surface area (Å²) < 4.78 is 1.32. The van der Waals surface area contributed by atoms with Gasteiger partial charge < -0.3 is 15.3 Å². The summed E-state index contributed by atoms with van der Waals surface area (Å²) >= 11 is 0. The number of rotatable bonds is 6. The molecular formula is C24H17N3O6. The molecule has 1 aliphatic rings. The maximum Gasteiger partial charge on any atom is 0.357 e. The molecule has 0 fully saturated rings. The number of aromatic hydroxyl groups is 1. The maximum absolute atomic E-state index is 12.8. The van der Waals surface area contributed by atoms with Gasteiger partial charge in [0.05, 0.1) is 22.4 Å². The fourth-order valence-corrected chi connectivity index (χ4v) is 3.34. The normalized spacial score (nSPS) is 14.8. The minimum Gasteiger partial charge on any atom is -0.494 e. The number of anilines is 1. The summed E-state index contributed by atoms with van der Waals surface area (Å²) in [6.45, 7) is 0. The highest BCUT2D eigenvalue weighted by Gasteiger charge is 2.34. The fraction of sp³-hybridized carbons (Fsp3) is 0. The van der Waals surface area contributed by atoms with Gasteiger partial charge in [-0.1, -0.05) is 42.5 Å². The van der Waals surface area contributed by atoms with E-state index in [0.717, 1.165) is 5.01 Å². The first-order valence-corrected chi connectivity index (χ1v) is 9.71. The van der Waals surface area contributed by atoms with Crippen LogP contribution in [0, 0.1) is 0 Å². The van der Waals surface area contributed by atoms with E-state index in [2.05, 4.69) is 5.10 Å². The van der Waals surface area contributed by atoms with Crippen LogP contribution in [0.2, 0.25) is 0 Å². The van der Waals surface area contributed by atoms with Crippen molar-refractivity contribution in [1.29, 1.82) is 0 Å². The highest BCUT2D eigenvalue weighted by molar-refractivity contribution is 6.52. The summed E-state index contributed by atoms with van der Waals surface area (Å²) in [7, 11) is 0. The Morgan fingerprint density at radius 2 is 1.48 bits per heavy atom. The summed E-state index contributed by atoms with van der Waals surface area (Å²) in [5, 5.41) is 34.5. The zero-order valence-electron chi connectivity index (χ0n) is 17.0. The molecule has 0 radical (unpaired) electrons. The molecule has 3 N–H and O–H groups in total. The highest BCUT2D eigenvalue weighted by Crippen LogP contribution is 2.29. The van der Waals surface area contributed by atoms with Gasteiger partial charge in [-0.3, -0.25) is 9.36 Å². The molecule has 0 unspecified atom stereocenters. The molecule has 0 aliphatic carbocycles. The first-order valence-electron chi connectivity index (χ1n) is 9.71. The molecule has 1 aromatic heterocycles. The van der Waals surface area contributed by atoms with Gasteiger partial charge in [0.1, 0.15) is 0 Å². The van der Waals surface area contributed by atoms with Crippen LogP contribution >= 0.6 is 0 Å². The van der Waals surface area contributed by atoms with Crippen molar-refractivity contribution < 1.29 is 29.7 Å². The molecule has 3 aromatic rings. The quantitative estimate of drug-likeness (QED) is 0.501. The second-order valence-electron chi connectivity index (χ2n) is 6.94. The summed E-state index contributed by atoms with van der Waals surface area (Å²) in [4.78, 5) is 36.1. The number of hydrogen-bond donors (Lipinski definition) is 3. The molecule has 0 saturated heterocycles. The summed E-state index contributed by atoms with van der Waals surface area (Å²) in [5.41, 5.74) is 0.170. The van der Waals surface area contributed by atoms with Gasteiger partial charge in [0.15, 0.2) is 5.71 Å². The maximum atomic E-state index is 12.8. The van der Waals surface area contributed by atoms with Crippen LogP contribution in [0.1, 0.15) is 15.9 Å². The number of allylic oxidation sites excluding steroid dienone is 2. The zero-order valence-corrected chi connectivity index (χ0v) is 17.0. The number of aromatic nitrogens is 1. The van der Waals surface area contributed by atoms with E-state index < -0.39 is 23.6 Å². The molecule has 9 nitrogen and oxygen atoms in total. The Morgan fingerprint density at radius 3 is 2.06 bits per heavy atom. The van der Waals surface area contributed by atoms with E-state index in [9.17, 15) is 29.7 Å². The smallest absolute Gasteiger partial charge is 0.357 e. The minimum atomic E-state index is -1.38. The first-order chi connectivity index (χ1) is 15.9. The van der Waals surface area contributed by atoms with Crippen molar-refractivity contribution in [3.8, 4) is 11.6 Å². The lowest BCUT2D eigenvalue weighted by atomic mass is 10.1. The summed E-state index contributed by atoms with van der Waals surface area (Å²) in [6, 6.07) is 17.0. The number of nitrogens with zero attached hydrogens (tertiary/aromatic N) is 3. The standard InChI is InChI=1S/C24H17N3O6/c28-21-17(19(23(30)31)14-26(21)15-8-3-1-4-9-15)12-7-13-18-20(24(32)33)25-27(22(18)29)16-10-5-2-6-11-16/h1-14,28H,(H,30,31)(H,32,33). The third-order valence-electron chi connectivity index (χ3n) is 4.89. The number of hydrogen-bond acceptors (Lipinski definition) is 5. The lowest BCUT2D eigenvalue weighted by Gasteiger charge is -2.10. The van der Waals surface area contributed by atoms with Crippen LogP contribution in [0.25, 0.3) is 11.8 Å². The van der Waals surface area contributed by atoms with Crippen LogP contribution in [-0.2, 0) is 9.59 Å². The van der Waals surface area contributed by atoms with Crippen molar-refractivity contribution in [2.75, 3.05) is 5.01 Å². The van der Waals surface area contributed by atoms with Crippen molar-refractivity contribution in [3.05, 3.63) is 95.7 Å². The largest absolute Gasteiger partial charge is 0.494 e. The van der Waals surface area contributed by atoms with Crippen LogP contribution in [0.4, 0.5) is 5.69 Å². The lowest BCUT2D eigenvalue weighted by molar-refractivity contribution is -0.129. The number of carbonyl (C=O) groups is 3. The highest BCUT2D eigenvalue weighted by atomic mass is 16.4. The molecule has 164 valence electrons. The van der Waals surface area contributed by atoms with Crippen molar-refractivity contribution in [1.82, 2.24) is 4.57 Å². The first kappa shape index (κ1) is 21.3. The number of hydrazone groups is 1. The van der Waals surface area contributed by atoms with Gasteiger partial charge in [-0.15, -0.1) is 0 Å². The number of carboxylic acid groups (broad SMARTS) is 2. The van der Waals surface area contributed by atoms with E-state index >= 15 is 0 Å². The number of carboxylic acids is 2. The number of benzene rings is 2. The predicted molar refractivity (Wildman–Crippen MR) is 121 cm³/mol. The third-order valence-corrected chi connectivity index (χ3v) is 4.89. The number of carbonyl (C=O) groups excluding carboxylic acids is 1. The van der Waals surface area contributed by atoms with E-state index in [1.54, 1.807) is 60.7 Å². The van der Waals surface area contributed by atoms with Gasteiger partial charge in [-0.2, -0.15) is 10.1 Å². The summed E-state index contributed by atoms with van der Waals surface area (Å²) in [5.74, 6) is -3.60. The Labute approximate surface area is 187 Å². The van der Waals surface area contributed by atoms with Crippen molar-refractivity contribution >= 4 is 35.3 Å². The molecule has 9 heteroatoms. The van der Waals surface area contributed by atoms with E-state index in [1.165, 1.54) is 29.0 Å². The average Bonchev–Trinajstić information content (AvgIpc) is 3.32. The molecule has 0 spiro atoms. The molecule has 1 aliphatic heterocycles. The number of aromatic carboxylic acids is 1. The fourth-order valence-electron chi connectivity index (χ4n) is 3.34. The van der Waals surface area contributed by atoms with Crippen LogP contribution in [-0.4, -0.2) is 43.4 Å². The SMILES string of the molecule is O=C(O)C1=NN(c2ccccc2)C(=O)C1=CC=Cc1c(C(=O)O)cn(-c2ccccc2)c1O. The lowest BCUT2D eigenvalue weighted by Crippen LogP contribution is -2.22. The Balaban J connectivity index is 1.71. The minimum absolute atomic E-state index is 0.00220. The van der Waals surface area contributed by atoms with Gasteiger partial charge in [0, 0.05) is 11.9 Å². The molecule has 0 atom stereocenters. The Kier molecular flexibility index (Phi) is 5.60. The topological polar surface area (TPSA) is 132 Å². The van der Waals surface area contributed by atoms with Crippen LogP contribution in [0.5, 0.6) is 5.88 Å². The zero-order chi connectivity index (χ0) is 23.5. The number of amides is 1. The number of aliphatic carboxylic acids is 1. The van der Waals surface area contributed by atoms with E-state index in [-0.39, 0.29) is 22.6 Å². The number of para-hydroxylation sites is 2. The summed E-state index contributed by atoms with van der Waals surface area (Å²) in [6.07, 6.45) is 5.10. The van der Waals surface area contributed by atoms with E-state index in [1.807, 2.05) is 0 Å². The Morgan fingerprint density at radius 1 is 0.879 bits per heavy atom. The second kappa shape index (κ2) is 8.67. The second-order valence-corrected chi connectivity index (χ2v) is 6.94. The molecule has 0 saturated carbocycles. The Hall–Kier alpha value is -4.92. The van der Waals surface area contributed by atoms with Crippen molar-refractivity contribution in [3.63, 3.8) is 0 Å². The Bertz CT molecular complexity index is 1340. The van der Waals surface area contributed by atoms with Gasteiger partial charge in [-0.05, 0) is 36.4 Å². The van der Waals surface area contributed by atoms with Gasteiger partial charge in [0.25, 0.3) is 5.91 Å². The molecule has 2 heterocycles. The average molecular weight is 443 g/mol. The van der Waals surface area contributed by atoms with E-state index in [4.69, 9.17) is 0 Å². The monoisotopic (exact) mass is 443 g/mol. The molecule has 33 heavy (non-hydrogen) atoms. The molecule has 0 bridgehead atoms. The molecule has 1 amide bonds. The van der Waals surface area contributed by atoms with Gasteiger partial charge in [0.2, 0.25) is 5.88 Å². The third kappa shape index (κ3) is 4.02. The van der Waals surface area contributed by atoms with Crippen LogP contribution in [0.15, 0.2) is 89.7 Å². The van der Waals surface area contributed by atoms with Gasteiger partial charge >= 0.3 is 11.9 Å². The molecular weight excluding hydrogens is 426 g/mol. The van der Waals surface area contributed by atoms with Crippen LogP contribution in [0.3, 0.4) is 0 Å². The van der Waals surface area contributed by atoms with Gasteiger partial charge in [-0.25, -0.2) is 9.59 Å². The predicted octanol–water partition coefficient (Wildman–Crippen LogP) is 3.31. The van der Waals surface area contributed by atoms with Crippen molar-refractivity contribution in [2.45, 2.75) is 0 Å². The van der Waals surface area contributed by atoms with Crippen molar-refractivity contribution in [2.24, 2.45) is 5.10 Å². The molecule has 4 rings (SSSR count). The van der Waals surface area contributed by atoms with Crippen LogP contribution < -0.4 is 5.01 Å². The van der Waals surface area contributed by atoms with E-state index in [0.29, 0.717) is 11.4 Å². The molecule has 2 aromatic carbocycles.